The monoisotopic (exact) mass is 226 g/mol. The third kappa shape index (κ3) is 2.09. The molecule has 0 aromatic heterocycles. The molecule has 0 spiro atoms. The van der Waals surface area contributed by atoms with E-state index in [0.717, 1.165) is 32.4 Å². The summed E-state index contributed by atoms with van der Waals surface area (Å²) in [5, 5.41) is 0. The van der Waals surface area contributed by atoms with Crippen molar-refractivity contribution in [3.63, 3.8) is 0 Å². The molecule has 1 amide bonds. The number of likely N-dealkylation sites (tertiary alicyclic amines) is 1. The van der Waals surface area contributed by atoms with Gasteiger partial charge in [0.05, 0.1) is 0 Å². The molecule has 2 saturated heterocycles. The van der Waals surface area contributed by atoms with Crippen LogP contribution in [-0.4, -0.2) is 42.1 Å². The summed E-state index contributed by atoms with van der Waals surface area (Å²) in [6.45, 7) is 6.30. The number of amides is 1. The summed E-state index contributed by atoms with van der Waals surface area (Å²) < 4.78 is 5.60. The van der Waals surface area contributed by atoms with Gasteiger partial charge in [-0.15, -0.1) is 0 Å². The number of hydrogen-bond donors (Lipinski definition) is 1. The summed E-state index contributed by atoms with van der Waals surface area (Å²) >= 11 is 0. The van der Waals surface area contributed by atoms with E-state index in [2.05, 4.69) is 6.92 Å². The molecule has 2 N–H and O–H groups in total. The first-order valence-electron chi connectivity index (χ1n) is 6.22. The number of ether oxygens (including phenoxy) is 1. The fourth-order valence-corrected chi connectivity index (χ4v) is 2.63. The van der Waals surface area contributed by atoms with Gasteiger partial charge in [0.2, 0.25) is 0 Å². The molecule has 0 aromatic rings. The summed E-state index contributed by atoms with van der Waals surface area (Å²) in [7, 11) is 0. The molecule has 92 valence electrons. The summed E-state index contributed by atoms with van der Waals surface area (Å²) in [4.78, 5) is 14.3. The van der Waals surface area contributed by atoms with Crippen LogP contribution in [0.5, 0.6) is 0 Å². The normalized spacial score (nSPS) is 40.1. The van der Waals surface area contributed by atoms with Gasteiger partial charge in [-0.3, -0.25) is 4.79 Å². The van der Waals surface area contributed by atoms with Crippen molar-refractivity contribution in [3.8, 4) is 0 Å². The average Bonchev–Trinajstić information content (AvgIpc) is 2.70. The predicted octanol–water partition coefficient (Wildman–Crippen LogP) is 0.751. The zero-order chi connectivity index (χ0) is 11.8. The predicted molar refractivity (Wildman–Crippen MR) is 61.9 cm³/mol. The lowest BCUT2D eigenvalue weighted by molar-refractivity contribution is -0.153. The van der Waals surface area contributed by atoms with Gasteiger partial charge < -0.3 is 15.4 Å². The van der Waals surface area contributed by atoms with Crippen molar-refractivity contribution in [2.75, 3.05) is 19.7 Å². The third-order valence-corrected chi connectivity index (χ3v) is 3.93. The second-order valence-corrected chi connectivity index (χ2v) is 5.36. The Balaban J connectivity index is 2.00. The number of carbonyl (C=O) groups excluding carboxylic acids is 1. The van der Waals surface area contributed by atoms with E-state index < -0.39 is 5.60 Å². The molecule has 16 heavy (non-hydrogen) atoms. The topological polar surface area (TPSA) is 55.6 Å². The Labute approximate surface area is 97.1 Å². The molecule has 2 aliphatic rings. The number of nitrogens with two attached hydrogens (primary N) is 1. The van der Waals surface area contributed by atoms with Crippen molar-refractivity contribution < 1.29 is 9.53 Å². The van der Waals surface area contributed by atoms with Crippen molar-refractivity contribution in [3.05, 3.63) is 0 Å². The van der Waals surface area contributed by atoms with E-state index in [-0.39, 0.29) is 11.9 Å². The van der Waals surface area contributed by atoms with Crippen LogP contribution in [0.25, 0.3) is 0 Å². The quantitative estimate of drug-likeness (QED) is 0.718. The standard InChI is InChI=1S/C12H22N2O2/c1-9-8-14(6-4-10(9)13)11(15)12(2)5-3-7-16-12/h9-10H,3-8,13H2,1-2H3. The molecule has 4 heteroatoms. The van der Waals surface area contributed by atoms with Gasteiger partial charge in [0.25, 0.3) is 5.91 Å². The van der Waals surface area contributed by atoms with Gasteiger partial charge in [-0.2, -0.15) is 0 Å². The Bertz CT molecular complexity index is 274. The van der Waals surface area contributed by atoms with Crippen LogP contribution in [0.15, 0.2) is 0 Å². The van der Waals surface area contributed by atoms with Crippen LogP contribution < -0.4 is 5.73 Å². The Morgan fingerprint density at radius 1 is 1.56 bits per heavy atom. The van der Waals surface area contributed by atoms with Crippen LogP contribution in [0.2, 0.25) is 0 Å². The highest BCUT2D eigenvalue weighted by Crippen LogP contribution is 2.29. The summed E-state index contributed by atoms with van der Waals surface area (Å²) in [5.74, 6) is 0.548. The van der Waals surface area contributed by atoms with Crippen LogP contribution in [0.1, 0.15) is 33.1 Å². The second kappa shape index (κ2) is 4.34. The van der Waals surface area contributed by atoms with Gasteiger partial charge in [0.1, 0.15) is 5.60 Å². The fourth-order valence-electron chi connectivity index (χ4n) is 2.63. The lowest BCUT2D eigenvalue weighted by atomic mass is 9.92. The largest absolute Gasteiger partial charge is 0.365 e. The Morgan fingerprint density at radius 2 is 2.31 bits per heavy atom. The highest BCUT2D eigenvalue weighted by atomic mass is 16.5. The maximum absolute atomic E-state index is 12.3. The van der Waals surface area contributed by atoms with Gasteiger partial charge in [0.15, 0.2) is 0 Å². The minimum atomic E-state index is -0.568. The minimum absolute atomic E-state index is 0.156. The van der Waals surface area contributed by atoms with Crippen LogP contribution in [0, 0.1) is 5.92 Å². The van der Waals surface area contributed by atoms with E-state index in [1.165, 1.54) is 0 Å². The van der Waals surface area contributed by atoms with E-state index in [0.29, 0.717) is 12.5 Å². The molecular formula is C12H22N2O2. The van der Waals surface area contributed by atoms with E-state index >= 15 is 0 Å². The SMILES string of the molecule is CC1CN(C(=O)C2(C)CCCO2)CCC1N. The zero-order valence-electron chi connectivity index (χ0n) is 10.2. The van der Waals surface area contributed by atoms with Crippen molar-refractivity contribution in [2.24, 2.45) is 11.7 Å². The zero-order valence-corrected chi connectivity index (χ0v) is 10.2. The molecule has 2 heterocycles. The number of nitrogens with zero attached hydrogens (tertiary/aromatic N) is 1. The average molecular weight is 226 g/mol. The molecule has 2 fully saturated rings. The van der Waals surface area contributed by atoms with Gasteiger partial charge >= 0.3 is 0 Å². The van der Waals surface area contributed by atoms with Crippen LogP contribution in [0.3, 0.4) is 0 Å². The maximum Gasteiger partial charge on any atom is 0.254 e. The molecule has 2 rings (SSSR count). The van der Waals surface area contributed by atoms with Crippen molar-refractivity contribution >= 4 is 5.91 Å². The van der Waals surface area contributed by atoms with Gasteiger partial charge in [-0.05, 0) is 32.1 Å². The highest BCUT2D eigenvalue weighted by molar-refractivity contribution is 5.85. The second-order valence-electron chi connectivity index (χ2n) is 5.36. The van der Waals surface area contributed by atoms with Gasteiger partial charge in [0, 0.05) is 25.7 Å². The molecule has 3 atom stereocenters. The molecule has 0 saturated carbocycles. The van der Waals surface area contributed by atoms with Crippen molar-refractivity contribution in [1.82, 2.24) is 4.90 Å². The number of rotatable bonds is 1. The number of piperidine rings is 1. The smallest absolute Gasteiger partial charge is 0.254 e. The van der Waals surface area contributed by atoms with E-state index in [1.807, 2.05) is 11.8 Å². The summed E-state index contributed by atoms with van der Waals surface area (Å²) in [6, 6.07) is 0.237. The molecule has 0 radical (unpaired) electrons. The van der Waals surface area contributed by atoms with Gasteiger partial charge in [-0.1, -0.05) is 6.92 Å². The lowest BCUT2D eigenvalue weighted by Gasteiger charge is -2.38. The molecular weight excluding hydrogens is 204 g/mol. The number of hydrogen-bond acceptors (Lipinski definition) is 3. The Morgan fingerprint density at radius 3 is 2.88 bits per heavy atom. The first-order valence-corrected chi connectivity index (χ1v) is 6.22. The van der Waals surface area contributed by atoms with Crippen LogP contribution in [0.4, 0.5) is 0 Å². The molecule has 4 nitrogen and oxygen atoms in total. The lowest BCUT2D eigenvalue weighted by Crippen LogP contribution is -2.54. The maximum atomic E-state index is 12.3. The molecule has 0 aromatic carbocycles. The van der Waals surface area contributed by atoms with E-state index in [1.54, 1.807) is 0 Å². The van der Waals surface area contributed by atoms with Crippen molar-refractivity contribution in [1.29, 1.82) is 0 Å². The minimum Gasteiger partial charge on any atom is -0.365 e. The highest BCUT2D eigenvalue weighted by Gasteiger charge is 2.42. The first-order chi connectivity index (χ1) is 7.53. The first kappa shape index (κ1) is 11.9. The van der Waals surface area contributed by atoms with Crippen molar-refractivity contribution in [2.45, 2.75) is 44.8 Å². The number of carbonyl (C=O) groups is 1. The Hall–Kier alpha value is -0.610. The fraction of sp³-hybridized carbons (Fsp3) is 0.917. The molecule has 3 unspecified atom stereocenters. The summed E-state index contributed by atoms with van der Waals surface area (Å²) in [6.07, 6.45) is 2.75. The van der Waals surface area contributed by atoms with E-state index in [9.17, 15) is 4.79 Å². The molecule has 0 aliphatic carbocycles. The summed E-state index contributed by atoms with van der Waals surface area (Å²) in [5.41, 5.74) is 5.39. The van der Waals surface area contributed by atoms with Crippen LogP contribution in [-0.2, 0) is 9.53 Å². The van der Waals surface area contributed by atoms with E-state index in [4.69, 9.17) is 10.5 Å². The third-order valence-electron chi connectivity index (χ3n) is 3.93. The molecule has 2 aliphatic heterocycles. The van der Waals surface area contributed by atoms with Gasteiger partial charge in [-0.25, -0.2) is 0 Å². The molecule has 0 bridgehead atoms. The van der Waals surface area contributed by atoms with Crippen LogP contribution >= 0.6 is 0 Å². The Kier molecular flexibility index (Phi) is 3.22.